The minimum Gasteiger partial charge on any atom is -0.485 e. The first-order chi connectivity index (χ1) is 18.1. The maximum atomic E-state index is 6.60. The summed E-state index contributed by atoms with van der Waals surface area (Å²) in [5.41, 5.74) is 6.74. The molecular weight excluding hydrogens is 470 g/mol. The summed E-state index contributed by atoms with van der Waals surface area (Å²) in [6.45, 7) is 17.2. The van der Waals surface area contributed by atoms with Crippen molar-refractivity contribution in [2.75, 3.05) is 11.9 Å². The Balaban J connectivity index is 1.55. The van der Waals surface area contributed by atoms with Gasteiger partial charge < -0.3 is 19.5 Å². The maximum absolute atomic E-state index is 6.60. The highest BCUT2D eigenvalue weighted by Crippen LogP contribution is 2.44. The van der Waals surface area contributed by atoms with Crippen LogP contribution in [0.2, 0.25) is 0 Å². The van der Waals surface area contributed by atoms with Crippen molar-refractivity contribution in [1.29, 1.82) is 0 Å². The Labute approximate surface area is 229 Å². The molecule has 0 fully saturated rings. The zero-order valence-corrected chi connectivity index (χ0v) is 24.3. The highest BCUT2D eigenvalue weighted by atomic mass is 16.6. The van der Waals surface area contributed by atoms with Crippen molar-refractivity contribution in [3.63, 3.8) is 0 Å². The molecule has 1 N–H and O–H groups in total. The molecule has 0 aromatic heterocycles. The van der Waals surface area contributed by atoms with Gasteiger partial charge in [0.1, 0.15) is 23.6 Å². The smallest absolute Gasteiger partial charge is 0.132 e. The predicted octanol–water partition coefficient (Wildman–Crippen LogP) is 8.52. The van der Waals surface area contributed by atoms with E-state index in [9.17, 15) is 0 Å². The summed E-state index contributed by atoms with van der Waals surface area (Å²) in [5, 5.41) is 3.61. The van der Waals surface area contributed by atoms with Gasteiger partial charge >= 0.3 is 0 Å². The molecule has 4 heteroatoms. The van der Waals surface area contributed by atoms with Crippen LogP contribution in [0.4, 0.5) is 5.69 Å². The average molecular weight is 516 g/mol. The highest BCUT2D eigenvalue weighted by molar-refractivity contribution is 5.54. The van der Waals surface area contributed by atoms with Crippen LogP contribution >= 0.6 is 0 Å². The summed E-state index contributed by atoms with van der Waals surface area (Å²) in [6.07, 6.45) is 1.65. The molecule has 1 aliphatic rings. The lowest BCUT2D eigenvalue weighted by Gasteiger charge is -2.44. The van der Waals surface area contributed by atoms with Gasteiger partial charge in [-0.25, -0.2) is 0 Å². The number of nitrogens with one attached hydrogen (secondary N) is 1. The number of ether oxygens (including phenoxy) is 3. The van der Waals surface area contributed by atoms with Gasteiger partial charge in [-0.15, -0.1) is 0 Å². The maximum Gasteiger partial charge on any atom is 0.132 e. The normalized spacial score (nSPS) is 18.5. The number of rotatable bonds is 10. The predicted molar refractivity (Wildman–Crippen MR) is 157 cm³/mol. The van der Waals surface area contributed by atoms with Crippen molar-refractivity contribution in [1.82, 2.24) is 0 Å². The van der Waals surface area contributed by atoms with Crippen molar-refractivity contribution in [2.24, 2.45) is 0 Å². The largest absolute Gasteiger partial charge is 0.485 e. The Morgan fingerprint density at radius 1 is 0.947 bits per heavy atom. The van der Waals surface area contributed by atoms with E-state index in [1.807, 2.05) is 0 Å². The van der Waals surface area contributed by atoms with Crippen molar-refractivity contribution < 1.29 is 14.2 Å². The Morgan fingerprint density at radius 3 is 2.37 bits per heavy atom. The first kappa shape index (κ1) is 28.2. The number of hydrogen-bond donors (Lipinski definition) is 1. The van der Waals surface area contributed by atoms with Gasteiger partial charge in [-0.1, -0.05) is 82.6 Å². The molecule has 0 spiro atoms. The molecule has 4 rings (SSSR count). The van der Waals surface area contributed by atoms with Crippen LogP contribution in [0, 0.1) is 6.92 Å². The molecule has 0 radical (unpaired) electrons. The van der Waals surface area contributed by atoms with Crippen molar-refractivity contribution in [3.05, 3.63) is 94.5 Å². The fraction of sp³-hybridized carbons (Fsp3) is 0.471. The summed E-state index contributed by atoms with van der Waals surface area (Å²) in [5.74, 6) is 0.868. The Kier molecular flexibility index (Phi) is 8.85. The third-order valence-corrected chi connectivity index (χ3v) is 7.44. The summed E-state index contributed by atoms with van der Waals surface area (Å²) in [7, 11) is 0. The van der Waals surface area contributed by atoms with E-state index in [2.05, 4.69) is 121 Å². The Morgan fingerprint density at radius 2 is 1.68 bits per heavy atom. The zero-order chi connectivity index (χ0) is 27.3. The third-order valence-electron chi connectivity index (χ3n) is 7.44. The second kappa shape index (κ2) is 11.9. The van der Waals surface area contributed by atoms with Crippen LogP contribution in [-0.2, 0) is 28.0 Å². The molecule has 0 aliphatic carbocycles. The lowest BCUT2D eigenvalue weighted by atomic mass is 9.87. The minimum atomic E-state index is -0.531. The number of aryl methyl sites for hydroxylation is 1. The molecule has 38 heavy (non-hydrogen) atoms. The summed E-state index contributed by atoms with van der Waals surface area (Å²) < 4.78 is 19.7. The molecule has 4 nitrogen and oxygen atoms in total. The number of fused-ring (bicyclic) bond motifs is 1. The molecule has 2 unspecified atom stereocenters. The van der Waals surface area contributed by atoms with E-state index in [1.54, 1.807) is 0 Å². The molecule has 1 aliphatic heterocycles. The molecule has 2 atom stereocenters. The van der Waals surface area contributed by atoms with Crippen LogP contribution < -0.4 is 10.1 Å². The molecule has 0 saturated carbocycles. The molecule has 0 saturated heterocycles. The molecule has 3 aromatic rings. The van der Waals surface area contributed by atoms with E-state index >= 15 is 0 Å². The van der Waals surface area contributed by atoms with Gasteiger partial charge in [-0.3, -0.25) is 0 Å². The molecule has 3 aromatic carbocycles. The molecule has 0 bridgehead atoms. The summed E-state index contributed by atoms with van der Waals surface area (Å²) >= 11 is 0. The number of anilines is 1. The number of hydrogen-bond acceptors (Lipinski definition) is 4. The van der Waals surface area contributed by atoms with Crippen LogP contribution in [0.25, 0.3) is 0 Å². The monoisotopic (exact) mass is 515 g/mol. The van der Waals surface area contributed by atoms with Crippen molar-refractivity contribution >= 4 is 5.69 Å². The van der Waals surface area contributed by atoms with Gasteiger partial charge in [-0.2, -0.15) is 0 Å². The Bertz CT molecular complexity index is 1190. The second-order valence-electron chi connectivity index (χ2n) is 12.1. The SMILES string of the molecule is CCCCOC1c2cc(NCc3ccc(C(C)(C)C)cc3)ccc2OC(C)(C)C1OCc1ccccc1C. The van der Waals surface area contributed by atoms with E-state index in [4.69, 9.17) is 14.2 Å². The molecule has 204 valence electrons. The summed E-state index contributed by atoms with van der Waals surface area (Å²) in [6, 6.07) is 23.6. The topological polar surface area (TPSA) is 39.7 Å². The number of benzene rings is 3. The lowest BCUT2D eigenvalue weighted by molar-refractivity contribution is -0.167. The first-order valence-corrected chi connectivity index (χ1v) is 14.0. The fourth-order valence-electron chi connectivity index (χ4n) is 4.94. The van der Waals surface area contributed by atoms with E-state index in [-0.39, 0.29) is 17.6 Å². The van der Waals surface area contributed by atoms with Crippen LogP contribution in [0.15, 0.2) is 66.7 Å². The fourth-order valence-corrected chi connectivity index (χ4v) is 4.94. The Hall–Kier alpha value is -2.82. The quantitative estimate of drug-likeness (QED) is 0.275. The van der Waals surface area contributed by atoms with Crippen LogP contribution in [0.1, 0.15) is 88.3 Å². The lowest BCUT2D eigenvalue weighted by Crippen LogP contribution is -2.51. The molecule has 1 heterocycles. The highest BCUT2D eigenvalue weighted by Gasteiger charge is 2.45. The standard InChI is InChI=1S/C34H45NO3/c1-8-9-20-36-31-29-21-28(35-22-25-14-16-27(17-15-25)33(3,4)5)18-19-30(29)38-34(6,7)32(31)37-23-26-13-11-10-12-24(26)2/h10-19,21,31-32,35H,8-9,20,22-23H2,1-7H3. The number of unbranched alkanes of at least 4 members (excludes halogenated alkanes) is 1. The van der Waals surface area contributed by atoms with E-state index in [0.29, 0.717) is 13.2 Å². The molecular formula is C34H45NO3. The summed E-state index contributed by atoms with van der Waals surface area (Å²) in [4.78, 5) is 0. The van der Waals surface area contributed by atoms with Gasteiger partial charge in [0.2, 0.25) is 0 Å². The second-order valence-corrected chi connectivity index (χ2v) is 12.1. The van der Waals surface area contributed by atoms with Crippen molar-refractivity contribution in [2.45, 2.75) is 97.7 Å². The van der Waals surface area contributed by atoms with Gasteiger partial charge in [-0.05, 0) is 73.1 Å². The van der Waals surface area contributed by atoms with E-state index in [1.165, 1.54) is 22.3 Å². The average Bonchev–Trinajstić information content (AvgIpc) is 2.87. The van der Waals surface area contributed by atoms with Crippen LogP contribution in [0.3, 0.4) is 0 Å². The van der Waals surface area contributed by atoms with Crippen LogP contribution in [0.5, 0.6) is 5.75 Å². The van der Waals surface area contributed by atoms with E-state index in [0.717, 1.165) is 36.4 Å². The minimum absolute atomic E-state index is 0.156. The molecule has 0 amide bonds. The van der Waals surface area contributed by atoms with Gasteiger partial charge in [0, 0.05) is 24.4 Å². The van der Waals surface area contributed by atoms with E-state index < -0.39 is 5.60 Å². The van der Waals surface area contributed by atoms with Crippen LogP contribution in [-0.4, -0.2) is 18.3 Å². The first-order valence-electron chi connectivity index (χ1n) is 14.0. The van der Waals surface area contributed by atoms with Gasteiger partial charge in [0.25, 0.3) is 0 Å². The van der Waals surface area contributed by atoms with Gasteiger partial charge in [0.15, 0.2) is 0 Å². The third kappa shape index (κ3) is 6.78. The van der Waals surface area contributed by atoms with Gasteiger partial charge in [0.05, 0.1) is 6.61 Å². The van der Waals surface area contributed by atoms with Crippen molar-refractivity contribution in [3.8, 4) is 5.75 Å². The zero-order valence-electron chi connectivity index (χ0n) is 24.3.